The molecule has 0 nitrogen and oxygen atoms in total. The van der Waals surface area contributed by atoms with Gasteiger partial charge in [0.2, 0.25) is 0 Å². The number of hydrogen-bond donors (Lipinski definition) is 0. The van der Waals surface area contributed by atoms with Gasteiger partial charge < -0.3 is 0 Å². The molecule has 0 rings (SSSR count). The smallest absolute Gasteiger partial charge is 0.00161 e. The van der Waals surface area contributed by atoms with Crippen molar-refractivity contribution in [2.24, 2.45) is 5.92 Å². The van der Waals surface area contributed by atoms with Crippen molar-refractivity contribution in [1.82, 2.24) is 0 Å². The van der Waals surface area contributed by atoms with Crippen LogP contribution in [0.3, 0.4) is 0 Å². The first-order valence-electron chi connectivity index (χ1n) is 4.52. The molecule has 0 amide bonds. The minimum absolute atomic E-state index is 0.495. The lowest BCUT2D eigenvalue weighted by atomic mass is 10.0. The Morgan fingerprint density at radius 1 is 1.55 bits per heavy atom. The molecule has 0 saturated carbocycles. The molecule has 0 bridgehead atoms. The highest BCUT2D eigenvalue weighted by Gasteiger charge is 2.22. The second-order valence-corrected chi connectivity index (χ2v) is 6.93. The molecule has 0 aromatic carbocycles. The molecular weight excluding hydrogens is 170 g/mol. The van der Waals surface area contributed by atoms with Gasteiger partial charge in [-0.05, 0) is 19.0 Å². The summed E-state index contributed by atoms with van der Waals surface area (Å²) in [6.45, 7) is 9.30. The maximum absolute atomic E-state index is 3.01. The van der Waals surface area contributed by atoms with Crippen LogP contribution in [-0.2, 0) is 0 Å². The van der Waals surface area contributed by atoms with E-state index in [9.17, 15) is 0 Å². The van der Waals surface area contributed by atoms with Gasteiger partial charge in [0.15, 0.2) is 0 Å². The molecule has 0 saturated heterocycles. The number of unbranched alkanes of at least 4 members (excludes halogenated alkanes) is 1. The lowest BCUT2D eigenvalue weighted by molar-refractivity contribution is 0.477. The third-order valence-electron chi connectivity index (χ3n) is 2.55. The van der Waals surface area contributed by atoms with E-state index in [1.165, 1.54) is 19.3 Å². The summed E-state index contributed by atoms with van der Waals surface area (Å²) in [7, 11) is 4.05. The van der Waals surface area contributed by atoms with Gasteiger partial charge in [-0.15, -0.1) is 17.8 Å². The summed E-state index contributed by atoms with van der Waals surface area (Å²) in [5.74, 6) is 0.857. The monoisotopic (exact) mass is 192 g/mol. The Balaban J connectivity index is 3.71. The van der Waals surface area contributed by atoms with E-state index in [-0.39, 0.29) is 0 Å². The van der Waals surface area contributed by atoms with Gasteiger partial charge in [0.25, 0.3) is 0 Å². The van der Waals surface area contributed by atoms with E-state index >= 15 is 0 Å². The summed E-state index contributed by atoms with van der Waals surface area (Å²) in [4.78, 5) is 0.495. The summed E-state index contributed by atoms with van der Waals surface area (Å²) < 4.78 is 0. The highest BCUT2D eigenvalue weighted by molar-refractivity contribution is 7.51. The van der Waals surface area contributed by atoms with Crippen molar-refractivity contribution >= 4 is 17.8 Å². The zero-order valence-electron chi connectivity index (χ0n) is 8.28. The van der Waals surface area contributed by atoms with E-state index in [1.807, 2.05) is 0 Å². The molecule has 0 aliphatic heterocycles. The SMILES string of the molecule is CCCCC(C)C(C)(P)PC. The normalized spacial score (nSPS) is 20.5. The summed E-state index contributed by atoms with van der Waals surface area (Å²) in [6.07, 6.45) is 4.10. The second-order valence-electron chi connectivity index (χ2n) is 3.58. The highest BCUT2D eigenvalue weighted by atomic mass is 31.1. The second kappa shape index (κ2) is 5.50. The molecule has 0 aromatic heterocycles. The Bertz CT molecular complexity index is 99.7. The maximum Gasteiger partial charge on any atom is 0.00161 e. The van der Waals surface area contributed by atoms with Crippen LogP contribution in [0.15, 0.2) is 0 Å². The molecule has 0 spiro atoms. The Labute approximate surface area is 75.9 Å². The average Bonchev–Trinajstić information content (AvgIpc) is 2.00. The molecule has 0 heterocycles. The first-order valence-corrected chi connectivity index (χ1v) is 6.60. The van der Waals surface area contributed by atoms with Crippen LogP contribution in [0.4, 0.5) is 0 Å². The van der Waals surface area contributed by atoms with Crippen LogP contribution in [0.2, 0.25) is 0 Å². The topological polar surface area (TPSA) is 0 Å². The van der Waals surface area contributed by atoms with Crippen molar-refractivity contribution in [2.45, 2.75) is 44.9 Å². The predicted octanol–water partition coefficient (Wildman–Crippen LogP) is 3.71. The van der Waals surface area contributed by atoms with Gasteiger partial charge in [-0.25, -0.2) is 0 Å². The molecule has 0 N–H and O–H groups in total. The maximum atomic E-state index is 3.01. The van der Waals surface area contributed by atoms with E-state index in [0.717, 1.165) is 14.5 Å². The van der Waals surface area contributed by atoms with E-state index in [4.69, 9.17) is 0 Å². The van der Waals surface area contributed by atoms with Crippen LogP contribution in [0.5, 0.6) is 0 Å². The van der Waals surface area contributed by atoms with Gasteiger partial charge in [-0.1, -0.05) is 33.6 Å². The molecule has 0 aliphatic carbocycles. The van der Waals surface area contributed by atoms with E-state index in [1.54, 1.807) is 0 Å². The van der Waals surface area contributed by atoms with Crippen LogP contribution in [-0.4, -0.2) is 11.6 Å². The molecule has 4 atom stereocenters. The molecule has 4 unspecified atom stereocenters. The summed E-state index contributed by atoms with van der Waals surface area (Å²) in [5, 5.41) is 0. The van der Waals surface area contributed by atoms with Gasteiger partial charge in [0.1, 0.15) is 0 Å². The van der Waals surface area contributed by atoms with Crippen molar-refractivity contribution in [2.75, 3.05) is 6.66 Å². The van der Waals surface area contributed by atoms with Gasteiger partial charge in [0, 0.05) is 4.90 Å². The fraction of sp³-hybridized carbons (Fsp3) is 1.00. The zero-order valence-corrected chi connectivity index (χ0v) is 10.4. The fourth-order valence-corrected chi connectivity index (χ4v) is 1.86. The van der Waals surface area contributed by atoms with Crippen molar-refractivity contribution in [3.8, 4) is 0 Å². The minimum Gasteiger partial charge on any atom is -0.127 e. The van der Waals surface area contributed by atoms with Crippen LogP contribution in [0.1, 0.15) is 40.0 Å². The predicted molar refractivity (Wildman–Crippen MR) is 61.0 cm³/mol. The summed E-state index contributed by atoms with van der Waals surface area (Å²) in [6, 6.07) is 0. The minimum atomic E-state index is 0.495. The largest absolute Gasteiger partial charge is 0.127 e. The van der Waals surface area contributed by atoms with Crippen molar-refractivity contribution in [3.63, 3.8) is 0 Å². The van der Waals surface area contributed by atoms with Crippen LogP contribution in [0.25, 0.3) is 0 Å². The highest BCUT2D eigenvalue weighted by Crippen LogP contribution is 2.43. The van der Waals surface area contributed by atoms with Gasteiger partial charge >= 0.3 is 0 Å². The molecule has 0 aromatic rings. The molecule has 0 aliphatic rings. The Morgan fingerprint density at radius 3 is 2.45 bits per heavy atom. The number of hydrogen-bond acceptors (Lipinski definition) is 0. The van der Waals surface area contributed by atoms with E-state index in [2.05, 4.69) is 36.7 Å². The van der Waals surface area contributed by atoms with Crippen molar-refractivity contribution in [3.05, 3.63) is 0 Å². The standard InChI is InChI=1S/C9H22P2/c1-5-6-7-8(2)9(3,10)11-4/h8,11H,5-7,10H2,1-4H3. The molecule has 0 radical (unpaired) electrons. The Kier molecular flexibility index (Phi) is 5.93. The quantitative estimate of drug-likeness (QED) is 0.582. The van der Waals surface area contributed by atoms with Crippen LogP contribution in [0, 0.1) is 5.92 Å². The van der Waals surface area contributed by atoms with Crippen molar-refractivity contribution in [1.29, 1.82) is 0 Å². The van der Waals surface area contributed by atoms with E-state index in [0.29, 0.717) is 4.90 Å². The van der Waals surface area contributed by atoms with E-state index < -0.39 is 0 Å². The zero-order chi connectivity index (χ0) is 8.91. The lowest BCUT2D eigenvalue weighted by Gasteiger charge is -2.30. The van der Waals surface area contributed by atoms with Crippen molar-refractivity contribution < 1.29 is 0 Å². The molecule has 0 fully saturated rings. The fourth-order valence-electron chi connectivity index (χ4n) is 1.06. The van der Waals surface area contributed by atoms with Gasteiger partial charge in [-0.3, -0.25) is 0 Å². The summed E-state index contributed by atoms with van der Waals surface area (Å²) >= 11 is 0. The first kappa shape index (κ1) is 11.9. The molecule has 11 heavy (non-hydrogen) atoms. The molecular formula is C9H22P2. The Morgan fingerprint density at radius 2 is 2.09 bits per heavy atom. The van der Waals surface area contributed by atoms with Gasteiger partial charge in [-0.2, -0.15) is 0 Å². The third kappa shape index (κ3) is 4.44. The number of rotatable bonds is 5. The molecule has 2 heteroatoms. The van der Waals surface area contributed by atoms with Crippen LogP contribution >= 0.6 is 17.8 Å². The Hall–Kier alpha value is 0.860. The van der Waals surface area contributed by atoms with Crippen LogP contribution < -0.4 is 0 Å². The average molecular weight is 192 g/mol. The summed E-state index contributed by atoms with van der Waals surface area (Å²) in [5.41, 5.74) is 0. The molecule has 68 valence electrons. The lowest BCUT2D eigenvalue weighted by Crippen LogP contribution is -2.19. The van der Waals surface area contributed by atoms with Gasteiger partial charge in [0.05, 0.1) is 0 Å². The first-order chi connectivity index (χ1) is 5.04. The third-order valence-corrected chi connectivity index (χ3v) is 5.56.